The van der Waals surface area contributed by atoms with E-state index in [-0.39, 0.29) is 5.91 Å². The van der Waals surface area contributed by atoms with Crippen LogP contribution in [0.2, 0.25) is 0 Å². The molecule has 0 spiro atoms. The van der Waals surface area contributed by atoms with E-state index >= 15 is 0 Å². The Morgan fingerprint density at radius 2 is 1.95 bits per heavy atom. The van der Waals surface area contributed by atoms with Crippen molar-refractivity contribution in [3.63, 3.8) is 0 Å². The Hall–Kier alpha value is -2.20. The van der Waals surface area contributed by atoms with Gasteiger partial charge in [0.05, 0.1) is 11.1 Å². The minimum atomic E-state index is -0.157. The quantitative estimate of drug-likeness (QED) is 0.743. The van der Waals surface area contributed by atoms with E-state index in [1.165, 1.54) is 0 Å². The molecule has 0 unspecified atom stereocenters. The Kier molecular flexibility index (Phi) is 3.71. The van der Waals surface area contributed by atoms with Crippen molar-refractivity contribution in [1.82, 2.24) is 4.98 Å². The maximum absolute atomic E-state index is 12.5. The van der Waals surface area contributed by atoms with Crippen LogP contribution in [-0.2, 0) is 0 Å². The predicted molar refractivity (Wildman–Crippen MR) is 88.6 cm³/mol. The molecule has 3 aromatic rings. The van der Waals surface area contributed by atoms with Crippen LogP contribution in [0.5, 0.6) is 0 Å². The molecular weight excluding hydrogens is 328 g/mol. The van der Waals surface area contributed by atoms with Gasteiger partial charge in [-0.25, -0.2) is 0 Å². The number of para-hydroxylation sites is 1. The summed E-state index contributed by atoms with van der Waals surface area (Å²) in [5.41, 5.74) is 3.17. The number of aromatic nitrogens is 1. The number of aryl methyl sites for hydroxylation is 1. The minimum absolute atomic E-state index is 0.157. The first-order valence-corrected chi connectivity index (χ1v) is 7.36. The van der Waals surface area contributed by atoms with E-state index in [1.54, 1.807) is 12.3 Å². The van der Waals surface area contributed by atoms with Crippen molar-refractivity contribution < 1.29 is 4.79 Å². The Balaban J connectivity index is 1.95. The Labute approximate surface area is 131 Å². The molecule has 0 radical (unpaired) electrons. The molecule has 21 heavy (non-hydrogen) atoms. The van der Waals surface area contributed by atoms with Gasteiger partial charge in [0.1, 0.15) is 0 Å². The number of hydrogen-bond acceptors (Lipinski definition) is 2. The Bertz CT molecular complexity index is 825. The molecular formula is C17H13BrN2O. The third kappa shape index (κ3) is 2.81. The van der Waals surface area contributed by atoms with Crippen LogP contribution in [0.15, 0.2) is 59.2 Å². The summed E-state index contributed by atoms with van der Waals surface area (Å²) in [6.07, 6.45) is 1.70. The summed E-state index contributed by atoms with van der Waals surface area (Å²) in [4.78, 5) is 16.8. The fourth-order valence-corrected chi connectivity index (χ4v) is 2.54. The zero-order chi connectivity index (χ0) is 14.8. The third-order valence-electron chi connectivity index (χ3n) is 3.31. The number of benzene rings is 2. The van der Waals surface area contributed by atoms with Gasteiger partial charge in [-0.3, -0.25) is 9.78 Å². The molecule has 0 aliphatic carbocycles. The summed E-state index contributed by atoms with van der Waals surface area (Å²) >= 11 is 3.47. The van der Waals surface area contributed by atoms with E-state index < -0.39 is 0 Å². The lowest BCUT2D eigenvalue weighted by Gasteiger charge is -2.08. The van der Waals surface area contributed by atoms with E-state index in [0.717, 1.165) is 21.1 Å². The molecule has 0 saturated heterocycles. The normalized spacial score (nSPS) is 10.6. The van der Waals surface area contributed by atoms with E-state index in [9.17, 15) is 4.79 Å². The third-order valence-corrected chi connectivity index (χ3v) is 4.16. The maximum Gasteiger partial charge on any atom is 0.257 e. The van der Waals surface area contributed by atoms with Crippen molar-refractivity contribution in [2.45, 2.75) is 6.92 Å². The first-order valence-electron chi connectivity index (χ1n) is 6.56. The number of fused-ring (bicyclic) bond motifs is 1. The van der Waals surface area contributed by atoms with Crippen molar-refractivity contribution in [2.75, 3.05) is 5.32 Å². The summed E-state index contributed by atoms with van der Waals surface area (Å²) in [6, 6.07) is 15.1. The van der Waals surface area contributed by atoms with Gasteiger partial charge in [-0.1, -0.05) is 40.2 Å². The monoisotopic (exact) mass is 340 g/mol. The number of hydrogen-bond donors (Lipinski definition) is 1. The molecule has 1 N–H and O–H groups in total. The van der Waals surface area contributed by atoms with E-state index in [1.807, 2.05) is 49.4 Å². The van der Waals surface area contributed by atoms with Gasteiger partial charge in [-0.05, 0) is 36.8 Å². The second-order valence-electron chi connectivity index (χ2n) is 4.80. The van der Waals surface area contributed by atoms with E-state index in [2.05, 4.69) is 26.2 Å². The van der Waals surface area contributed by atoms with Crippen molar-refractivity contribution in [1.29, 1.82) is 0 Å². The minimum Gasteiger partial charge on any atom is -0.322 e. The van der Waals surface area contributed by atoms with Crippen LogP contribution < -0.4 is 5.32 Å². The molecule has 3 nitrogen and oxygen atoms in total. The number of anilines is 1. The number of carbonyl (C=O) groups excluding carboxylic acids is 1. The van der Waals surface area contributed by atoms with Gasteiger partial charge < -0.3 is 5.32 Å². The topological polar surface area (TPSA) is 42.0 Å². The van der Waals surface area contributed by atoms with Gasteiger partial charge in [0.2, 0.25) is 0 Å². The molecule has 0 bridgehead atoms. The largest absolute Gasteiger partial charge is 0.322 e. The van der Waals surface area contributed by atoms with Gasteiger partial charge in [-0.15, -0.1) is 0 Å². The van der Waals surface area contributed by atoms with Crippen molar-refractivity contribution >= 4 is 38.4 Å². The van der Waals surface area contributed by atoms with Gasteiger partial charge in [0.25, 0.3) is 5.91 Å². The highest BCUT2D eigenvalue weighted by molar-refractivity contribution is 9.10. The standard InChI is InChI=1S/C17H13BrN2O/c1-11-7-8-13(10-15(11)18)20-17(21)14-6-2-4-12-5-3-9-19-16(12)14/h2-10H,1H3,(H,20,21). The molecule has 104 valence electrons. The van der Waals surface area contributed by atoms with Crippen LogP contribution in [0, 0.1) is 6.92 Å². The fourth-order valence-electron chi connectivity index (χ4n) is 2.16. The highest BCUT2D eigenvalue weighted by Gasteiger charge is 2.11. The zero-order valence-electron chi connectivity index (χ0n) is 11.4. The summed E-state index contributed by atoms with van der Waals surface area (Å²) in [7, 11) is 0. The average Bonchev–Trinajstić information content (AvgIpc) is 2.50. The predicted octanol–water partition coefficient (Wildman–Crippen LogP) is 4.56. The number of amides is 1. The Morgan fingerprint density at radius 1 is 1.14 bits per heavy atom. The summed E-state index contributed by atoms with van der Waals surface area (Å²) < 4.78 is 0.969. The molecule has 0 atom stereocenters. The molecule has 0 fully saturated rings. The lowest BCUT2D eigenvalue weighted by Crippen LogP contribution is -2.12. The van der Waals surface area contributed by atoms with Crippen LogP contribution in [0.4, 0.5) is 5.69 Å². The average molecular weight is 341 g/mol. The molecule has 1 aromatic heterocycles. The lowest BCUT2D eigenvalue weighted by atomic mass is 10.1. The number of nitrogens with one attached hydrogen (secondary N) is 1. The first-order chi connectivity index (χ1) is 10.1. The second kappa shape index (κ2) is 5.66. The summed E-state index contributed by atoms with van der Waals surface area (Å²) in [5.74, 6) is -0.157. The zero-order valence-corrected chi connectivity index (χ0v) is 13.0. The van der Waals surface area contributed by atoms with Crippen LogP contribution in [0.3, 0.4) is 0 Å². The molecule has 2 aromatic carbocycles. The first kappa shape index (κ1) is 13.8. The van der Waals surface area contributed by atoms with Crippen LogP contribution in [0.25, 0.3) is 10.9 Å². The SMILES string of the molecule is Cc1ccc(NC(=O)c2cccc3cccnc23)cc1Br. The highest BCUT2D eigenvalue weighted by atomic mass is 79.9. The number of rotatable bonds is 2. The molecule has 0 aliphatic rings. The molecule has 4 heteroatoms. The number of carbonyl (C=O) groups is 1. The number of nitrogens with zero attached hydrogens (tertiary/aromatic N) is 1. The summed E-state index contributed by atoms with van der Waals surface area (Å²) in [5, 5.41) is 3.86. The highest BCUT2D eigenvalue weighted by Crippen LogP contribution is 2.22. The fraction of sp³-hybridized carbons (Fsp3) is 0.0588. The van der Waals surface area contributed by atoms with Crippen molar-refractivity contribution in [3.8, 4) is 0 Å². The maximum atomic E-state index is 12.5. The van der Waals surface area contributed by atoms with Crippen LogP contribution >= 0.6 is 15.9 Å². The molecule has 0 saturated carbocycles. The van der Waals surface area contributed by atoms with Gasteiger partial charge in [-0.2, -0.15) is 0 Å². The lowest BCUT2D eigenvalue weighted by molar-refractivity contribution is 0.102. The molecule has 1 heterocycles. The number of pyridine rings is 1. The van der Waals surface area contributed by atoms with E-state index in [4.69, 9.17) is 0 Å². The van der Waals surface area contributed by atoms with Gasteiger partial charge in [0.15, 0.2) is 0 Å². The van der Waals surface area contributed by atoms with Crippen molar-refractivity contribution in [3.05, 3.63) is 70.3 Å². The molecule has 3 rings (SSSR count). The van der Waals surface area contributed by atoms with E-state index in [0.29, 0.717) is 11.1 Å². The van der Waals surface area contributed by atoms with Crippen LogP contribution in [-0.4, -0.2) is 10.9 Å². The van der Waals surface area contributed by atoms with Gasteiger partial charge in [0, 0.05) is 21.7 Å². The van der Waals surface area contributed by atoms with Gasteiger partial charge >= 0.3 is 0 Å². The van der Waals surface area contributed by atoms with Crippen LogP contribution in [0.1, 0.15) is 15.9 Å². The smallest absolute Gasteiger partial charge is 0.257 e. The number of halogens is 1. The van der Waals surface area contributed by atoms with Crippen molar-refractivity contribution in [2.24, 2.45) is 0 Å². The summed E-state index contributed by atoms with van der Waals surface area (Å²) in [6.45, 7) is 2.00. The Morgan fingerprint density at radius 3 is 2.76 bits per heavy atom. The molecule has 1 amide bonds. The second-order valence-corrected chi connectivity index (χ2v) is 5.65. The molecule has 0 aliphatic heterocycles.